The molecule has 2 aliphatic rings. The molecule has 0 unspecified atom stereocenters. The number of nitrogens with zero attached hydrogens (tertiary/aromatic N) is 2. The maximum absolute atomic E-state index is 13.4. The first kappa shape index (κ1) is 24.0. The summed E-state index contributed by atoms with van der Waals surface area (Å²) in [7, 11) is 0. The van der Waals surface area contributed by atoms with Crippen LogP contribution in [0.2, 0.25) is 0 Å². The number of benzene rings is 1. The lowest BCUT2D eigenvalue weighted by atomic mass is 9.84. The Bertz CT molecular complexity index is 1030. The minimum Gasteiger partial charge on any atom is -0.480 e. The highest BCUT2D eigenvalue weighted by Crippen LogP contribution is 2.29. The van der Waals surface area contributed by atoms with Gasteiger partial charge < -0.3 is 25.6 Å². The van der Waals surface area contributed by atoms with E-state index in [1.165, 1.54) is 6.42 Å². The van der Waals surface area contributed by atoms with Crippen molar-refractivity contribution in [3.63, 3.8) is 0 Å². The molecule has 2 heterocycles. The van der Waals surface area contributed by atoms with Crippen LogP contribution in [0.5, 0.6) is 0 Å². The third kappa shape index (κ3) is 5.67. The number of aliphatic carboxylic acids is 1. The van der Waals surface area contributed by atoms with Crippen molar-refractivity contribution in [2.24, 2.45) is 5.92 Å². The number of carbonyl (C=O) groups excluding carboxylic acids is 2. The van der Waals surface area contributed by atoms with Gasteiger partial charge in [-0.25, -0.2) is 0 Å². The number of fused-ring (bicyclic) bond motifs is 1. The fraction of sp³-hybridized carbons (Fsp3) is 0.583. The van der Waals surface area contributed by atoms with Gasteiger partial charge in [-0.2, -0.15) is 0 Å². The summed E-state index contributed by atoms with van der Waals surface area (Å²) in [6, 6.07) is 4.29. The molecule has 1 saturated heterocycles. The zero-order valence-corrected chi connectivity index (χ0v) is 19.3. The third-order valence-electron chi connectivity index (χ3n) is 6.96. The number of hydrogen-bond acceptors (Lipinski definition) is 7. The van der Waals surface area contributed by atoms with Gasteiger partial charge in [0.1, 0.15) is 6.04 Å². The molecule has 1 aromatic heterocycles. The maximum Gasteiger partial charge on any atom is 0.317 e. The van der Waals surface area contributed by atoms with Crippen LogP contribution in [0, 0.1) is 5.92 Å². The lowest BCUT2D eigenvalue weighted by Crippen LogP contribution is -2.53. The highest BCUT2D eigenvalue weighted by molar-refractivity contribution is 5.91. The number of nitrogens with two attached hydrogens (primary N) is 1. The molecule has 2 atom stereocenters. The highest BCUT2D eigenvalue weighted by atomic mass is 16.5. The summed E-state index contributed by atoms with van der Waals surface area (Å²) in [6.07, 6.45) is 7.55. The van der Waals surface area contributed by atoms with Crippen LogP contribution in [0.1, 0.15) is 56.9 Å². The van der Waals surface area contributed by atoms with Crippen molar-refractivity contribution in [2.45, 2.75) is 70.0 Å². The van der Waals surface area contributed by atoms with E-state index >= 15 is 0 Å². The van der Waals surface area contributed by atoms with Crippen LogP contribution < -0.4 is 16.4 Å². The second-order valence-corrected chi connectivity index (χ2v) is 9.37. The SMILES string of the molecule is Nc1noc2cc(CNC(=O)[C@H]3CCCN3C(=O)[C@@H](CC3CCCCC3)NCC(=O)O)ccc12. The Morgan fingerprint density at radius 2 is 1.97 bits per heavy atom. The number of carboxylic acid groups (broad SMARTS) is 1. The van der Waals surface area contributed by atoms with Crippen molar-refractivity contribution in [3.05, 3.63) is 23.8 Å². The van der Waals surface area contributed by atoms with E-state index in [1.807, 2.05) is 6.07 Å². The molecular formula is C24H33N5O5. The van der Waals surface area contributed by atoms with Crippen molar-refractivity contribution >= 4 is 34.6 Å². The molecule has 34 heavy (non-hydrogen) atoms. The van der Waals surface area contributed by atoms with Crippen molar-refractivity contribution in [1.82, 2.24) is 20.7 Å². The molecule has 0 bridgehead atoms. The first-order chi connectivity index (χ1) is 16.4. The summed E-state index contributed by atoms with van der Waals surface area (Å²) < 4.78 is 5.18. The molecule has 1 aromatic carbocycles. The van der Waals surface area contributed by atoms with Crippen LogP contribution in [-0.2, 0) is 20.9 Å². The van der Waals surface area contributed by atoms with E-state index in [9.17, 15) is 14.4 Å². The molecule has 10 nitrogen and oxygen atoms in total. The molecule has 1 aliphatic heterocycles. The number of likely N-dealkylation sites (tertiary alicyclic amines) is 1. The minimum atomic E-state index is -0.998. The fourth-order valence-corrected chi connectivity index (χ4v) is 5.16. The molecule has 0 radical (unpaired) electrons. The van der Waals surface area contributed by atoms with Crippen LogP contribution in [0.25, 0.3) is 11.0 Å². The van der Waals surface area contributed by atoms with E-state index in [0.717, 1.165) is 43.1 Å². The summed E-state index contributed by atoms with van der Waals surface area (Å²) in [5.41, 5.74) is 7.14. The number of carboxylic acids is 1. The summed E-state index contributed by atoms with van der Waals surface area (Å²) in [5, 5.41) is 19.4. The summed E-state index contributed by atoms with van der Waals surface area (Å²) in [6.45, 7) is 0.509. The van der Waals surface area contributed by atoms with Crippen LogP contribution in [0.3, 0.4) is 0 Å². The number of nitrogens with one attached hydrogen (secondary N) is 2. The fourth-order valence-electron chi connectivity index (χ4n) is 5.16. The summed E-state index contributed by atoms with van der Waals surface area (Å²) >= 11 is 0. The molecule has 5 N–H and O–H groups in total. The predicted molar refractivity (Wildman–Crippen MR) is 126 cm³/mol. The Morgan fingerprint density at radius 1 is 1.18 bits per heavy atom. The standard InChI is InChI=1S/C24H33N5O5/c25-22-17-9-8-16(12-20(17)34-28-22)13-27-23(32)19-7-4-10-29(19)24(33)18(26-14-21(30)31)11-15-5-2-1-3-6-15/h8-9,12,15,18-19,26H,1-7,10-11,13-14H2,(H2,25,28)(H,27,32)(H,30,31)/t18-,19-/m1/s1. The van der Waals surface area contributed by atoms with Crippen LogP contribution in [0.4, 0.5) is 5.82 Å². The van der Waals surface area contributed by atoms with Gasteiger partial charge in [-0.05, 0) is 42.9 Å². The monoisotopic (exact) mass is 471 g/mol. The number of amides is 2. The van der Waals surface area contributed by atoms with E-state index in [1.54, 1.807) is 17.0 Å². The average Bonchev–Trinajstić information content (AvgIpc) is 3.47. The maximum atomic E-state index is 13.4. The van der Waals surface area contributed by atoms with Gasteiger partial charge in [-0.1, -0.05) is 43.3 Å². The molecule has 1 saturated carbocycles. The zero-order valence-electron chi connectivity index (χ0n) is 19.3. The Hall–Kier alpha value is -3.14. The van der Waals surface area contributed by atoms with Crippen molar-refractivity contribution in [2.75, 3.05) is 18.8 Å². The predicted octanol–water partition coefficient (Wildman–Crippen LogP) is 2.03. The normalized spacial score (nSPS) is 19.9. The molecule has 184 valence electrons. The molecule has 2 aromatic rings. The minimum absolute atomic E-state index is 0.178. The van der Waals surface area contributed by atoms with Crippen molar-refractivity contribution in [1.29, 1.82) is 0 Å². The van der Waals surface area contributed by atoms with Crippen molar-refractivity contribution < 1.29 is 24.0 Å². The summed E-state index contributed by atoms with van der Waals surface area (Å²) in [4.78, 5) is 39.2. The molecule has 2 fully saturated rings. The number of hydrogen-bond donors (Lipinski definition) is 4. The quantitative estimate of drug-likeness (QED) is 0.434. The number of rotatable bonds is 9. The molecule has 2 amide bonds. The second kappa shape index (κ2) is 10.9. The second-order valence-electron chi connectivity index (χ2n) is 9.37. The summed E-state index contributed by atoms with van der Waals surface area (Å²) in [5.74, 6) is -0.660. The molecule has 4 rings (SSSR count). The van der Waals surface area contributed by atoms with E-state index in [-0.39, 0.29) is 24.9 Å². The van der Waals surface area contributed by atoms with Gasteiger partial charge in [0.25, 0.3) is 0 Å². The molecule has 10 heteroatoms. The number of aromatic nitrogens is 1. The molecule has 0 spiro atoms. The topological polar surface area (TPSA) is 151 Å². The largest absolute Gasteiger partial charge is 0.480 e. The Labute approximate surface area is 198 Å². The third-order valence-corrected chi connectivity index (χ3v) is 6.96. The van der Waals surface area contributed by atoms with E-state index in [4.69, 9.17) is 15.4 Å². The van der Waals surface area contributed by atoms with Gasteiger partial charge in [0.15, 0.2) is 11.4 Å². The van der Waals surface area contributed by atoms with Gasteiger partial charge in [0.05, 0.1) is 18.0 Å². The van der Waals surface area contributed by atoms with Gasteiger partial charge in [-0.3, -0.25) is 19.7 Å². The molecule has 1 aliphatic carbocycles. The Kier molecular flexibility index (Phi) is 7.66. The van der Waals surface area contributed by atoms with Gasteiger partial charge in [-0.15, -0.1) is 0 Å². The smallest absolute Gasteiger partial charge is 0.317 e. The van der Waals surface area contributed by atoms with Gasteiger partial charge in [0, 0.05) is 13.1 Å². The van der Waals surface area contributed by atoms with Crippen LogP contribution in [-0.4, -0.2) is 58.1 Å². The van der Waals surface area contributed by atoms with E-state index in [0.29, 0.717) is 36.7 Å². The average molecular weight is 472 g/mol. The van der Waals surface area contributed by atoms with Crippen LogP contribution >= 0.6 is 0 Å². The molecular weight excluding hydrogens is 438 g/mol. The number of anilines is 1. The zero-order chi connectivity index (χ0) is 24.1. The van der Waals surface area contributed by atoms with Crippen LogP contribution in [0.15, 0.2) is 22.7 Å². The number of nitrogen functional groups attached to an aromatic ring is 1. The van der Waals surface area contributed by atoms with E-state index < -0.39 is 18.1 Å². The van der Waals surface area contributed by atoms with E-state index in [2.05, 4.69) is 15.8 Å². The lowest BCUT2D eigenvalue weighted by molar-refractivity contribution is -0.141. The first-order valence-corrected chi connectivity index (χ1v) is 12.1. The number of carbonyl (C=O) groups is 3. The lowest BCUT2D eigenvalue weighted by Gasteiger charge is -2.31. The Balaban J connectivity index is 1.38. The highest BCUT2D eigenvalue weighted by Gasteiger charge is 2.37. The van der Waals surface area contributed by atoms with Gasteiger partial charge >= 0.3 is 5.97 Å². The van der Waals surface area contributed by atoms with Crippen molar-refractivity contribution in [3.8, 4) is 0 Å². The Morgan fingerprint density at radius 3 is 2.74 bits per heavy atom. The first-order valence-electron chi connectivity index (χ1n) is 12.1. The van der Waals surface area contributed by atoms with Gasteiger partial charge in [0.2, 0.25) is 11.8 Å².